The molecule has 0 aromatic heterocycles. The maximum absolute atomic E-state index is 6.20. The number of piperidine rings is 1. The van der Waals surface area contributed by atoms with Crippen LogP contribution in [0.4, 0.5) is 0 Å². The molecule has 0 bridgehead atoms. The molecule has 0 spiro atoms. The average Bonchev–Trinajstić information content (AvgIpc) is 2.62. The normalized spacial score (nSPS) is 15.2. The predicted octanol–water partition coefficient (Wildman–Crippen LogP) is 5.98. The van der Waals surface area contributed by atoms with Crippen LogP contribution in [0.2, 0.25) is 10.0 Å². The van der Waals surface area contributed by atoms with Crippen molar-refractivity contribution in [1.82, 2.24) is 4.90 Å². The molecule has 132 valence electrons. The molecule has 2 aromatic carbocycles. The number of nitrogens with zero attached hydrogens (tertiary/aromatic N) is 1. The molecule has 25 heavy (non-hydrogen) atoms. The first-order valence-corrected chi connectivity index (χ1v) is 9.66. The molecule has 0 atom stereocenters. The van der Waals surface area contributed by atoms with Crippen LogP contribution in [0.25, 0.3) is 0 Å². The fraction of sp³-hybridized carbons (Fsp3) is 0.350. The monoisotopic (exact) mass is 393 g/mol. The molecule has 1 heterocycles. The Labute approximate surface area is 164 Å². The lowest BCUT2D eigenvalue weighted by Gasteiger charge is -2.32. The summed E-state index contributed by atoms with van der Waals surface area (Å²) in [5.41, 5.74) is 1.82. The van der Waals surface area contributed by atoms with Gasteiger partial charge in [-0.3, -0.25) is 0 Å². The van der Waals surface area contributed by atoms with Gasteiger partial charge in [-0.05, 0) is 43.0 Å². The average molecular weight is 394 g/mol. The van der Waals surface area contributed by atoms with E-state index < -0.39 is 0 Å². The number of halogens is 2. The van der Waals surface area contributed by atoms with Crippen LogP contribution in [0.15, 0.2) is 42.5 Å². The zero-order chi connectivity index (χ0) is 17.8. The second kappa shape index (κ2) is 8.39. The van der Waals surface area contributed by atoms with Gasteiger partial charge in [-0.1, -0.05) is 60.5 Å². The van der Waals surface area contributed by atoms with Crippen molar-refractivity contribution in [2.24, 2.45) is 5.92 Å². The third-order valence-electron chi connectivity index (χ3n) is 4.60. The van der Waals surface area contributed by atoms with Crippen molar-refractivity contribution < 1.29 is 4.74 Å². The minimum Gasteiger partial charge on any atom is -0.489 e. The Bertz CT molecular complexity index is 737. The summed E-state index contributed by atoms with van der Waals surface area (Å²) in [7, 11) is 0. The number of thiocarbonyl (C=S) groups is 1. The van der Waals surface area contributed by atoms with E-state index >= 15 is 0 Å². The Hall–Kier alpha value is -1.29. The number of rotatable bonds is 4. The van der Waals surface area contributed by atoms with E-state index in [1.54, 1.807) is 0 Å². The third kappa shape index (κ3) is 4.66. The second-order valence-corrected chi connectivity index (χ2v) is 7.69. The third-order valence-corrected chi connectivity index (χ3v) is 5.80. The summed E-state index contributed by atoms with van der Waals surface area (Å²) in [6, 6.07) is 13.4. The number of likely N-dealkylation sites (tertiary alicyclic amines) is 1. The van der Waals surface area contributed by atoms with E-state index in [4.69, 9.17) is 40.2 Å². The summed E-state index contributed by atoms with van der Waals surface area (Å²) in [6.07, 6.45) is 2.39. The van der Waals surface area contributed by atoms with Gasteiger partial charge in [0.25, 0.3) is 0 Å². The fourth-order valence-electron chi connectivity index (χ4n) is 2.94. The molecule has 3 rings (SSSR count). The van der Waals surface area contributed by atoms with Crippen LogP contribution in [0.1, 0.15) is 30.9 Å². The van der Waals surface area contributed by atoms with E-state index in [0.29, 0.717) is 16.7 Å². The number of benzene rings is 2. The van der Waals surface area contributed by atoms with E-state index in [-0.39, 0.29) is 0 Å². The molecule has 2 aromatic rings. The van der Waals surface area contributed by atoms with Gasteiger partial charge in [-0.15, -0.1) is 0 Å². The highest BCUT2D eigenvalue weighted by molar-refractivity contribution is 7.80. The number of hydrogen-bond donors (Lipinski definition) is 0. The zero-order valence-electron chi connectivity index (χ0n) is 14.2. The van der Waals surface area contributed by atoms with Gasteiger partial charge in [-0.25, -0.2) is 0 Å². The largest absolute Gasteiger partial charge is 0.489 e. The maximum Gasteiger partial charge on any atom is 0.120 e. The summed E-state index contributed by atoms with van der Waals surface area (Å²) < 4.78 is 5.90. The highest BCUT2D eigenvalue weighted by Gasteiger charge is 2.19. The molecule has 1 aliphatic rings. The van der Waals surface area contributed by atoms with Gasteiger partial charge in [0.1, 0.15) is 17.3 Å². The van der Waals surface area contributed by atoms with Gasteiger partial charge in [0.05, 0.1) is 0 Å². The molecule has 1 saturated heterocycles. The Morgan fingerprint density at radius 3 is 2.44 bits per heavy atom. The van der Waals surface area contributed by atoms with Crippen molar-refractivity contribution in [3.63, 3.8) is 0 Å². The van der Waals surface area contributed by atoms with Crippen LogP contribution >= 0.6 is 35.4 Å². The van der Waals surface area contributed by atoms with Gasteiger partial charge in [0.2, 0.25) is 0 Å². The topological polar surface area (TPSA) is 12.5 Å². The lowest BCUT2D eigenvalue weighted by Crippen LogP contribution is -2.37. The standard InChI is InChI=1S/C20H21Cl2NOS/c1-14-8-10-23(11-9-14)20(25)15-4-2-5-16(12-15)24-13-17-18(21)6-3-7-19(17)22/h2-7,12,14H,8-11,13H2,1H3. The molecule has 2 nitrogen and oxygen atoms in total. The Balaban J connectivity index is 1.68. The lowest BCUT2D eigenvalue weighted by atomic mass is 9.99. The van der Waals surface area contributed by atoms with Crippen LogP contribution < -0.4 is 4.74 Å². The summed E-state index contributed by atoms with van der Waals surface area (Å²) in [5.74, 6) is 1.55. The molecule has 0 radical (unpaired) electrons. The van der Waals surface area contributed by atoms with Crippen LogP contribution in [0.3, 0.4) is 0 Å². The van der Waals surface area contributed by atoms with Gasteiger partial charge in [0.15, 0.2) is 0 Å². The Morgan fingerprint density at radius 2 is 1.76 bits per heavy atom. The summed E-state index contributed by atoms with van der Waals surface area (Å²) >= 11 is 18.1. The lowest BCUT2D eigenvalue weighted by molar-refractivity contribution is 0.284. The Kier molecular flexibility index (Phi) is 6.21. The smallest absolute Gasteiger partial charge is 0.120 e. The maximum atomic E-state index is 6.20. The number of ether oxygens (including phenoxy) is 1. The first-order chi connectivity index (χ1) is 12.0. The van der Waals surface area contributed by atoms with Gasteiger partial charge in [0, 0.05) is 34.3 Å². The molecule has 0 amide bonds. The molecule has 0 aliphatic carbocycles. The molecule has 1 aliphatic heterocycles. The summed E-state index contributed by atoms with van der Waals surface area (Å²) in [5, 5.41) is 1.23. The molecule has 0 N–H and O–H groups in total. The molecule has 5 heteroatoms. The molecular formula is C20H21Cl2NOS. The number of hydrogen-bond acceptors (Lipinski definition) is 2. The van der Waals surface area contributed by atoms with Crippen molar-refractivity contribution >= 4 is 40.4 Å². The van der Waals surface area contributed by atoms with E-state index in [9.17, 15) is 0 Å². The van der Waals surface area contributed by atoms with E-state index in [2.05, 4.69) is 11.8 Å². The quantitative estimate of drug-likeness (QED) is 0.592. The first-order valence-electron chi connectivity index (χ1n) is 8.49. The predicted molar refractivity (Wildman–Crippen MR) is 109 cm³/mol. The highest BCUT2D eigenvalue weighted by Crippen LogP contribution is 2.26. The van der Waals surface area contributed by atoms with Gasteiger partial charge < -0.3 is 9.64 Å². The van der Waals surface area contributed by atoms with E-state index in [1.165, 1.54) is 12.8 Å². The summed E-state index contributed by atoms with van der Waals surface area (Å²) in [6.45, 7) is 4.69. The minimum atomic E-state index is 0.329. The van der Waals surface area contributed by atoms with Crippen molar-refractivity contribution in [2.75, 3.05) is 13.1 Å². The SMILES string of the molecule is CC1CCN(C(=S)c2cccc(OCc3c(Cl)cccc3Cl)c2)CC1. The second-order valence-electron chi connectivity index (χ2n) is 6.49. The van der Waals surface area contributed by atoms with Crippen molar-refractivity contribution in [2.45, 2.75) is 26.4 Å². The summed E-state index contributed by atoms with van der Waals surface area (Å²) in [4.78, 5) is 3.19. The van der Waals surface area contributed by atoms with Crippen LogP contribution in [0, 0.1) is 5.92 Å². The van der Waals surface area contributed by atoms with E-state index in [0.717, 1.165) is 40.9 Å². The molecule has 1 fully saturated rings. The molecule has 0 unspecified atom stereocenters. The van der Waals surface area contributed by atoms with Crippen LogP contribution in [0.5, 0.6) is 5.75 Å². The molecular weight excluding hydrogens is 373 g/mol. The Morgan fingerprint density at radius 1 is 1.12 bits per heavy atom. The van der Waals surface area contributed by atoms with Crippen molar-refractivity contribution in [3.05, 3.63) is 63.6 Å². The first kappa shape index (κ1) is 18.5. The van der Waals surface area contributed by atoms with Crippen LogP contribution in [-0.2, 0) is 6.61 Å². The van der Waals surface area contributed by atoms with Crippen molar-refractivity contribution in [1.29, 1.82) is 0 Å². The minimum absolute atomic E-state index is 0.329. The van der Waals surface area contributed by atoms with Crippen molar-refractivity contribution in [3.8, 4) is 5.75 Å². The van der Waals surface area contributed by atoms with E-state index in [1.807, 2.05) is 42.5 Å². The van der Waals surface area contributed by atoms with Gasteiger partial charge in [-0.2, -0.15) is 0 Å². The zero-order valence-corrected chi connectivity index (χ0v) is 16.5. The fourth-order valence-corrected chi connectivity index (χ4v) is 3.75. The van der Waals surface area contributed by atoms with Gasteiger partial charge >= 0.3 is 0 Å². The highest BCUT2D eigenvalue weighted by atomic mass is 35.5. The van der Waals surface area contributed by atoms with Crippen LogP contribution in [-0.4, -0.2) is 23.0 Å². The molecule has 0 saturated carbocycles.